The number of aliphatic hydroxyl groups excluding tert-OH is 1. The fraction of sp³-hybridized carbons (Fsp3) is 0.588. The van der Waals surface area contributed by atoms with Gasteiger partial charge in [0.2, 0.25) is 0 Å². The Bertz CT molecular complexity index is 603. The molecule has 21 heavy (non-hydrogen) atoms. The molecule has 4 heteroatoms. The number of benzene rings is 1. The summed E-state index contributed by atoms with van der Waals surface area (Å²) in [5, 5.41) is 14.1. The number of aromatic nitrogens is 2. The van der Waals surface area contributed by atoms with Crippen LogP contribution in [0.25, 0.3) is 11.0 Å². The monoisotopic (exact) mass is 289 g/mol. The summed E-state index contributed by atoms with van der Waals surface area (Å²) < 4.78 is 2.07. The molecule has 0 radical (unpaired) electrons. The third kappa shape index (κ3) is 3.44. The lowest BCUT2D eigenvalue weighted by Crippen LogP contribution is -2.36. The maximum atomic E-state index is 10.6. The molecule has 0 spiro atoms. The number of fused-ring (bicyclic) bond motifs is 1. The van der Waals surface area contributed by atoms with E-state index in [2.05, 4.69) is 35.6 Å². The van der Waals surface area contributed by atoms with Gasteiger partial charge in [-0.05, 0) is 43.5 Å². The summed E-state index contributed by atoms with van der Waals surface area (Å²) in [5.74, 6) is 1.56. The lowest BCUT2D eigenvalue weighted by molar-refractivity contribution is 0.124. The zero-order valence-corrected chi connectivity index (χ0v) is 13.7. The molecule has 0 amide bonds. The van der Waals surface area contributed by atoms with E-state index in [1.807, 2.05) is 32.2 Å². The van der Waals surface area contributed by atoms with Crippen LogP contribution in [0.4, 0.5) is 0 Å². The maximum absolute atomic E-state index is 10.6. The second-order valence-corrected chi connectivity index (χ2v) is 6.23. The van der Waals surface area contributed by atoms with E-state index in [0.29, 0.717) is 5.92 Å². The van der Waals surface area contributed by atoms with E-state index in [4.69, 9.17) is 0 Å². The van der Waals surface area contributed by atoms with Gasteiger partial charge in [0.05, 0.1) is 17.1 Å². The van der Waals surface area contributed by atoms with Gasteiger partial charge < -0.3 is 15.0 Å². The van der Waals surface area contributed by atoms with Crippen molar-refractivity contribution in [2.45, 2.75) is 46.3 Å². The minimum Gasteiger partial charge on any atom is -0.387 e. The van der Waals surface area contributed by atoms with Gasteiger partial charge in [-0.3, -0.25) is 0 Å². The number of aryl methyl sites for hydroxylation is 2. The Morgan fingerprint density at radius 1 is 1.33 bits per heavy atom. The Morgan fingerprint density at radius 2 is 2.05 bits per heavy atom. The van der Waals surface area contributed by atoms with Gasteiger partial charge in [0.15, 0.2) is 0 Å². The van der Waals surface area contributed by atoms with Crippen molar-refractivity contribution in [3.05, 3.63) is 29.6 Å². The van der Waals surface area contributed by atoms with Gasteiger partial charge >= 0.3 is 0 Å². The summed E-state index contributed by atoms with van der Waals surface area (Å²) in [7, 11) is 2.01. The highest BCUT2D eigenvalue weighted by Crippen LogP contribution is 2.24. The van der Waals surface area contributed by atoms with E-state index in [1.54, 1.807) is 0 Å². The molecule has 2 N–H and O–H groups in total. The molecule has 1 aromatic heterocycles. The van der Waals surface area contributed by atoms with Crippen LogP contribution >= 0.6 is 0 Å². The summed E-state index contributed by atoms with van der Waals surface area (Å²) in [5.41, 5.74) is 2.99. The molecule has 0 aliphatic carbocycles. The molecule has 2 aromatic rings. The predicted molar refractivity (Wildman–Crippen MR) is 87.3 cm³/mol. The molecule has 116 valence electrons. The largest absolute Gasteiger partial charge is 0.387 e. The molecular weight excluding hydrogens is 262 g/mol. The molecule has 2 unspecified atom stereocenters. The van der Waals surface area contributed by atoms with Crippen LogP contribution in [0.5, 0.6) is 0 Å². The summed E-state index contributed by atoms with van der Waals surface area (Å²) >= 11 is 0. The Morgan fingerprint density at radius 3 is 2.67 bits per heavy atom. The van der Waals surface area contributed by atoms with Crippen molar-refractivity contribution in [1.29, 1.82) is 0 Å². The quantitative estimate of drug-likeness (QED) is 0.859. The third-order valence-corrected chi connectivity index (χ3v) is 4.08. The van der Waals surface area contributed by atoms with Crippen LogP contribution in [0, 0.1) is 12.8 Å². The fourth-order valence-electron chi connectivity index (χ4n) is 2.62. The molecule has 1 aromatic carbocycles. The van der Waals surface area contributed by atoms with Gasteiger partial charge in [-0.25, -0.2) is 4.98 Å². The normalized spacial score (nSPS) is 14.8. The molecule has 0 saturated carbocycles. The molecular formula is C17H27N3O. The van der Waals surface area contributed by atoms with Crippen LogP contribution in [0.15, 0.2) is 18.2 Å². The van der Waals surface area contributed by atoms with E-state index in [9.17, 15) is 5.11 Å². The van der Waals surface area contributed by atoms with Crippen LogP contribution < -0.4 is 5.32 Å². The molecule has 4 nitrogen and oxygen atoms in total. The molecule has 0 bridgehead atoms. The van der Waals surface area contributed by atoms with E-state index in [1.165, 1.54) is 0 Å². The smallest absolute Gasteiger partial charge is 0.106 e. The predicted octanol–water partition coefficient (Wildman–Crippen LogP) is 2.94. The molecule has 1 heterocycles. The second-order valence-electron chi connectivity index (χ2n) is 6.23. The first-order chi connectivity index (χ1) is 9.93. The van der Waals surface area contributed by atoms with Gasteiger partial charge in [-0.2, -0.15) is 0 Å². The number of imidazole rings is 1. The second kappa shape index (κ2) is 6.58. The molecule has 2 rings (SSSR count). The van der Waals surface area contributed by atoms with Gasteiger partial charge in [-0.15, -0.1) is 0 Å². The van der Waals surface area contributed by atoms with Crippen LogP contribution in [0.3, 0.4) is 0 Å². The van der Waals surface area contributed by atoms with Gasteiger partial charge in [0.25, 0.3) is 0 Å². The van der Waals surface area contributed by atoms with E-state index in [0.717, 1.165) is 35.4 Å². The maximum Gasteiger partial charge on any atom is 0.106 e. The summed E-state index contributed by atoms with van der Waals surface area (Å²) in [6.07, 6.45) is 0.396. The number of hydrogen-bond acceptors (Lipinski definition) is 3. The Hall–Kier alpha value is -1.39. The van der Waals surface area contributed by atoms with Crippen LogP contribution in [-0.2, 0) is 7.05 Å². The molecule has 2 atom stereocenters. The zero-order chi connectivity index (χ0) is 15.6. The lowest BCUT2D eigenvalue weighted by Gasteiger charge is -2.24. The Labute approximate surface area is 127 Å². The first kappa shape index (κ1) is 16.0. The van der Waals surface area contributed by atoms with Gasteiger partial charge in [0, 0.05) is 13.1 Å². The minimum atomic E-state index is -0.500. The highest BCUT2D eigenvalue weighted by atomic mass is 16.3. The number of hydrogen-bond donors (Lipinski definition) is 2. The van der Waals surface area contributed by atoms with Crippen LogP contribution in [0.1, 0.15) is 44.7 Å². The zero-order valence-electron chi connectivity index (χ0n) is 13.7. The minimum absolute atomic E-state index is 0.0784. The standard InChI is InChI=1S/C17H27N3O/c1-6-14(18-10-11(2)3)17(21)13-7-8-16-15(9-13)19-12(4)20(16)5/h7-9,11,14,17-18,21H,6,10H2,1-5H3. The van der Waals surface area contributed by atoms with Crippen molar-refractivity contribution >= 4 is 11.0 Å². The van der Waals surface area contributed by atoms with Crippen molar-refractivity contribution < 1.29 is 5.11 Å². The SMILES string of the molecule is CCC(NCC(C)C)C(O)c1ccc2c(c1)nc(C)n2C. The van der Waals surface area contributed by atoms with Crippen LogP contribution in [0.2, 0.25) is 0 Å². The van der Waals surface area contributed by atoms with Crippen molar-refractivity contribution in [3.63, 3.8) is 0 Å². The van der Waals surface area contributed by atoms with Gasteiger partial charge in [0.1, 0.15) is 5.82 Å². The van der Waals surface area contributed by atoms with E-state index in [-0.39, 0.29) is 6.04 Å². The first-order valence-corrected chi connectivity index (χ1v) is 7.78. The van der Waals surface area contributed by atoms with E-state index >= 15 is 0 Å². The number of nitrogens with zero attached hydrogens (tertiary/aromatic N) is 2. The summed E-state index contributed by atoms with van der Waals surface area (Å²) in [4.78, 5) is 4.55. The molecule has 0 aliphatic heterocycles. The summed E-state index contributed by atoms with van der Waals surface area (Å²) in [6.45, 7) is 9.37. The van der Waals surface area contributed by atoms with Crippen molar-refractivity contribution in [1.82, 2.24) is 14.9 Å². The first-order valence-electron chi connectivity index (χ1n) is 7.78. The van der Waals surface area contributed by atoms with Crippen molar-refractivity contribution in [3.8, 4) is 0 Å². The molecule has 0 aliphatic rings. The lowest BCUT2D eigenvalue weighted by atomic mass is 9.99. The molecule has 0 saturated heterocycles. The molecule has 0 fully saturated rings. The number of nitrogens with one attached hydrogen (secondary N) is 1. The van der Waals surface area contributed by atoms with Crippen LogP contribution in [-0.4, -0.2) is 27.2 Å². The third-order valence-electron chi connectivity index (χ3n) is 4.08. The number of rotatable bonds is 6. The Kier molecular flexibility index (Phi) is 5.01. The highest BCUT2D eigenvalue weighted by Gasteiger charge is 2.20. The fourth-order valence-corrected chi connectivity index (χ4v) is 2.62. The van der Waals surface area contributed by atoms with Crippen molar-refractivity contribution in [2.24, 2.45) is 13.0 Å². The summed E-state index contributed by atoms with van der Waals surface area (Å²) in [6, 6.07) is 6.14. The highest BCUT2D eigenvalue weighted by molar-refractivity contribution is 5.76. The van der Waals surface area contributed by atoms with Gasteiger partial charge in [-0.1, -0.05) is 26.8 Å². The Balaban J connectivity index is 2.23. The average Bonchev–Trinajstić information content (AvgIpc) is 2.73. The van der Waals surface area contributed by atoms with Crippen molar-refractivity contribution in [2.75, 3.05) is 6.54 Å². The van der Waals surface area contributed by atoms with E-state index < -0.39 is 6.10 Å². The number of aliphatic hydroxyl groups is 1. The average molecular weight is 289 g/mol. The topological polar surface area (TPSA) is 50.1 Å².